The molecule has 0 spiro atoms. The molecular weight excluding hydrogens is 302 g/mol. The van der Waals surface area contributed by atoms with Crippen molar-refractivity contribution < 1.29 is 9.59 Å². The van der Waals surface area contributed by atoms with Crippen molar-refractivity contribution in [2.24, 2.45) is 0 Å². The highest BCUT2D eigenvalue weighted by atomic mass is 16.2. The van der Waals surface area contributed by atoms with E-state index in [1.54, 1.807) is 6.07 Å². The normalized spacial score (nSPS) is 13.8. The van der Waals surface area contributed by atoms with Crippen molar-refractivity contribution in [3.63, 3.8) is 0 Å². The van der Waals surface area contributed by atoms with Crippen LogP contribution in [0.4, 0.5) is 10.5 Å². The average molecular weight is 331 g/mol. The van der Waals surface area contributed by atoms with E-state index in [9.17, 15) is 9.59 Å². The Kier molecular flexibility index (Phi) is 7.09. The number of hydrogen-bond donors (Lipinski definition) is 2. The van der Waals surface area contributed by atoms with Gasteiger partial charge in [-0.25, -0.2) is 4.79 Å². The maximum atomic E-state index is 12.8. The van der Waals surface area contributed by atoms with Crippen LogP contribution < -0.4 is 10.6 Å². The molecule has 1 saturated heterocycles. The van der Waals surface area contributed by atoms with Gasteiger partial charge in [0.15, 0.2) is 0 Å². The molecule has 132 valence electrons. The fourth-order valence-corrected chi connectivity index (χ4v) is 3.05. The van der Waals surface area contributed by atoms with Crippen LogP contribution in [0.5, 0.6) is 0 Å². The lowest BCUT2D eigenvalue weighted by Crippen LogP contribution is -2.32. The van der Waals surface area contributed by atoms with Crippen molar-refractivity contribution >= 4 is 17.6 Å². The highest BCUT2D eigenvalue weighted by molar-refractivity contribution is 6.04. The van der Waals surface area contributed by atoms with E-state index >= 15 is 0 Å². The number of nitrogens with one attached hydrogen (secondary N) is 2. The zero-order chi connectivity index (χ0) is 17.4. The second-order valence-electron chi connectivity index (χ2n) is 6.44. The third-order valence-electron chi connectivity index (χ3n) is 4.44. The monoisotopic (exact) mass is 331 g/mol. The first-order chi connectivity index (χ1) is 11.6. The molecule has 0 aliphatic carbocycles. The maximum absolute atomic E-state index is 12.8. The van der Waals surface area contributed by atoms with E-state index in [0.717, 1.165) is 44.3 Å². The van der Waals surface area contributed by atoms with Gasteiger partial charge in [-0.2, -0.15) is 0 Å². The first-order valence-electron chi connectivity index (χ1n) is 9.07. The Morgan fingerprint density at radius 1 is 1.12 bits per heavy atom. The molecule has 0 unspecified atom stereocenters. The number of likely N-dealkylation sites (tertiary alicyclic amines) is 1. The minimum Gasteiger partial charge on any atom is -0.339 e. The zero-order valence-corrected chi connectivity index (χ0v) is 14.9. The van der Waals surface area contributed by atoms with Crippen LogP contribution in [0.1, 0.15) is 61.4 Å². The van der Waals surface area contributed by atoms with Crippen LogP contribution in [0.15, 0.2) is 18.2 Å². The van der Waals surface area contributed by atoms with Gasteiger partial charge in [-0.05, 0) is 37.8 Å². The summed E-state index contributed by atoms with van der Waals surface area (Å²) in [5.74, 6) is 0.0174. The Hall–Kier alpha value is -2.04. The minimum absolute atomic E-state index is 0.0174. The van der Waals surface area contributed by atoms with Gasteiger partial charge in [0.05, 0.1) is 11.3 Å². The van der Waals surface area contributed by atoms with E-state index in [1.807, 2.05) is 24.0 Å². The van der Waals surface area contributed by atoms with Gasteiger partial charge in [0.25, 0.3) is 5.91 Å². The standard InChI is InChI=1S/C19H29N3O2/c1-3-4-5-6-12-20-19(24)21-16-11-9-10-15(2)17(16)18(23)22-13-7-8-14-22/h9-11H,3-8,12-14H2,1-2H3,(H2,20,21,24). The summed E-state index contributed by atoms with van der Waals surface area (Å²) >= 11 is 0. The van der Waals surface area contributed by atoms with E-state index in [4.69, 9.17) is 0 Å². The van der Waals surface area contributed by atoms with Gasteiger partial charge in [0.2, 0.25) is 0 Å². The number of carbonyl (C=O) groups is 2. The number of aryl methyl sites for hydroxylation is 1. The molecule has 0 bridgehead atoms. The number of carbonyl (C=O) groups excluding carboxylic acids is 2. The molecule has 24 heavy (non-hydrogen) atoms. The number of amides is 3. The van der Waals surface area contributed by atoms with Crippen molar-refractivity contribution in [1.82, 2.24) is 10.2 Å². The lowest BCUT2D eigenvalue weighted by molar-refractivity contribution is 0.0793. The molecule has 0 saturated carbocycles. The van der Waals surface area contributed by atoms with Crippen LogP contribution in [0.3, 0.4) is 0 Å². The lowest BCUT2D eigenvalue weighted by atomic mass is 10.1. The molecule has 1 aliphatic rings. The van der Waals surface area contributed by atoms with Gasteiger partial charge >= 0.3 is 6.03 Å². The zero-order valence-electron chi connectivity index (χ0n) is 14.9. The Balaban J connectivity index is 1.98. The first kappa shape index (κ1) is 18.3. The van der Waals surface area contributed by atoms with Crippen molar-refractivity contribution in [2.45, 2.75) is 52.4 Å². The largest absolute Gasteiger partial charge is 0.339 e. The SMILES string of the molecule is CCCCCCNC(=O)Nc1cccc(C)c1C(=O)N1CCCC1. The maximum Gasteiger partial charge on any atom is 0.319 e. The molecular formula is C19H29N3O2. The smallest absolute Gasteiger partial charge is 0.319 e. The molecule has 1 aromatic rings. The predicted octanol–water partition coefficient (Wildman–Crippen LogP) is 3.93. The van der Waals surface area contributed by atoms with E-state index in [1.165, 1.54) is 12.8 Å². The molecule has 3 amide bonds. The predicted molar refractivity (Wildman–Crippen MR) is 97.5 cm³/mol. The number of rotatable bonds is 7. The number of urea groups is 1. The van der Waals surface area contributed by atoms with Crippen LogP contribution in [-0.2, 0) is 0 Å². The Morgan fingerprint density at radius 3 is 2.58 bits per heavy atom. The number of nitrogens with zero attached hydrogens (tertiary/aromatic N) is 1. The van der Waals surface area contributed by atoms with Gasteiger partial charge in [0, 0.05) is 19.6 Å². The van der Waals surface area contributed by atoms with Gasteiger partial charge in [-0.15, -0.1) is 0 Å². The summed E-state index contributed by atoms with van der Waals surface area (Å²) in [6.07, 6.45) is 6.58. The van der Waals surface area contributed by atoms with E-state index in [-0.39, 0.29) is 11.9 Å². The summed E-state index contributed by atoms with van der Waals surface area (Å²) in [5.41, 5.74) is 2.10. The van der Waals surface area contributed by atoms with Crippen LogP contribution in [0, 0.1) is 6.92 Å². The molecule has 2 rings (SSSR count). The molecule has 0 aromatic heterocycles. The van der Waals surface area contributed by atoms with Crippen LogP contribution in [0.25, 0.3) is 0 Å². The number of unbranched alkanes of at least 4 members (excludes halogenated alkanes) is 3. The fraction of sp³-hybridized carbons (Fsp3) is 0.579. The molecule has 1 aliphatic heterocycles. The molecule has 0 atom stereocenters. The summed E-state index contributed by atoms with van der Waals surface area (Å²) in [4.78, 5) is 26.7. The minimum atomic E-state index is -0.243. The van der Waals surface area contributed by atoms with Gasteiger partial charge in [-0.1, -0.05) is 38.3 Å². The summed E-state index contributed by atoms with van der Waals surface area (Å²) in [7, 11) is 0. The third kappa shape index (κ3) is 4.98. The topological polar surface area (TPSA) is 61.4 Å². The van der Waals surface area contributed by atoms with E-state index in [2.05, 4.69) is 17.6 Å². The molecule has 5 nitrogen and oxygen atoms in total. The number of benzene rings is 1. The Labute approximate surface area is 144 Å². The highest BCUT2D eigenvalue weighted by Crippen LogP contribution is 2.23. The second-order valence-corrected chi connectivity index (χ2v) is 6.44. The average Bonchev–Trinajstić information content (AvgIpc) is 3.09. The Bertz CT molecular complexity index is 566. The van der Waals surface area contributed by atoms with Gasteiger partial charge < -0.3 is 15.5 Å². The molecule has 1 aromatic carbocycles. The van der Waals surface area contributed by atoms with E-state index in [0.29, 0.717) is 17.8 Å². The summed E-state index contributed by atoms with van der Waals surface area (Å²) < 4.78 is 0. The highest BCUT2D eigenvalue weighted by Gasteiger charge is 2.23. The number of hydrogen-bond acceptors (Lipinski definition) is 2. The van der Waals surface area contributed by atoms with Crippen molar-refractivity contribution in [1.29, 1.82) is 0 Å². The van der Waals surface area contributed by atoms with Crippen LogP contribution in [0.2, 0.25) is 0 Å². The molecule has 1 heterocycles. The quantitative estimate of drug-likeness (QED) is 0.744. The van der Waals surface area contributed by atoms with Crippen molar-refractivity contribution in [3.8, 4) is 0 Å². The Morgan fingerprint density at radius 2 is 1.88 bits per heavy atom. The number of anilines is 1. The molecule has 2 N–H and O–H groups in total. The summed E-state index contributed by atoms with van der Waals surface area (Å²) in [6, 6.07) is 5.34. The molecule has 5 heteroatoms. The van der Waals surface area contributed by atoms with Crippen molar-refractivity contribution in [3.05, 3.63) is 29.3 Å². The van der Waals surface area contributed by atoms with E-state index < -0.39 is 0 Å². The third-order valence-corrected chi connectivity index (χ3v) is 4.44. The summed E-state index contributed by atoms with van der Waals surface area (Å²) in [5, 5.41) is 5.72. The second kappa shape index (κ2) is 9.30. The van der Waals surface area contributed by atoms with Crippen molar-refractivity contribution in [2.75, 3.05) is 25.0 Å². The molecule has 0 radical (unpaired) electrons. The first-order valence-corrected chi connectivity index (χ1v) is 9.07. The fourth-order valence-electron chi connectivity index (χ4n) is 3.05. The van der Waals surface area contributed by atoms with Gasteiger partial charge in [-0.3, -0.25) is 4.79 Å². The van der Waals surface area contributed by atoms with Gasteiger partial charge in [0.1, 0.15) is 0 Å². The lowest BCUT2D eigenvalue weighted by Gasteiger charge is -2.19. The summed E-state index contributed by atoms with van der Waals surface area (Å²) in [6.45, 7) is 6.34. The molecule has 1 fully saturated rings. The van der Waals surface area contributed by atoms with Crippen LogP contribution in [-0.4, -0.2) is 36.5 Å². The van der Waals surface area contributed by atoms with Crippen LogP contribution >= 0.6 is 0 Å².